The number of ether oxygens (including phenoxy) is 1. The topological polar surface area (TPSA) is 55.6 Å². The third-order valence-electron chi connectivity index (χ3n) is 4.12. The number of carbonyl (C=O) groups excluding carboxylic acids is 1. The molecule has 0 saturated carbocycles. The van der Waals surface area contributed by atoms with Gasteiger partial charge >= 0.3 is 0 Å². The number of likely N-dealkylation sites (tertiary alicyclic amines) is 1. The number of hydrogen-bond acceptors (Lipinski definition) is 4. The van der Waals surface area contributed by atoms with Gasteiger partial charge in [0.25, 0.3) is 5.91 Å². The van der Waals surface area contributed by atoms with Crippen molar-refractivity contribution in [3.8, 4) is 0 Å². The molecule has 0 unspecified atom stereocenters. The maximum Gasteiger partial charge on any atom is 0.276 e. The lowest BCUT2D eigenvalue weighted by atomic mass is 9.85. The van der Waals surface area contributed by atoms with Crippen molar-refractivity contribution in [1.29, 1.82) is 0 Å². The first-order valence-electron chi connectivity index (χ1n) is 6.54. The second-order valence-electron chi connectivity index (χ2n) is 5.29. The lowest BCUT2D eigenvalue weighted by Gasteiger charge is -2.43. The number of nitrogens with zero attached hydrogens (tertiary/aromatic N) is 2. The van der Waals surface area contributed by atoms with Crippen LogP contribution in [-0.4, -0.2) is 41.3 Å². The Balaban J connectivity index is 1.89. The van der Waals surface area contributed by atoms with Gasteiger partial charge in [0.1, 0.15) is 6.26 Å². The minimum absolute atomic E-state index is 0.00792. The first kappa shape index (κ1) is 11.7. The van der Waals surface area contributed by atoms with Crippen LogP contribution in [0.2, 0.25) is 0 Å². The third kappa shape index (κ3) is 1.73. The number of rotatable bonds is 1. The van der Waals surface area contributed by atoms with Crippen molar-refractivity contribution in [1.82, 2.24) is 10.1 Å². The highest BCUT2D eigenvalue weighted by Crippen LogP contribution is 2.36. The molecule has 0 aromatic carbocycles. The van der Waals surface area contributed by atoms with E-state index in [1.165, 1.54) is 12.7 Å². The van der Waals surface area contributed by atoms with E-state index in [0.717, 1.165) is 38.0 Å². The molecule has 1 atom stereocenters. The highest BCUT2D eigenvalue weighted by Gasteiger charge is 2.45. The van der Waals surface area contributed by atoms with Gasteiger partial charge in [-0.25, -0.2) is 0 Å². The molecule has 0 bridgehead atoms. The highest BCUT2D eigenvalue weighted by molar-refractivity contribution is 5.94. The van der Waals surface area contributed by atoms with Gasteiger partial charge in [-0.3, -0.25) is 4.79 Å². The summed E-state index contributed by atoms with van der Waals surface area (Å²) in [6, 6.07) is 0. The molecular weight excluding hydrogens is 232 g/mol. The van der Waals surface area contributed by atoms with E-state index in [-0.39, 0.29) is 11.4 Å². The molecule has 0 radical (unpaired) electrons. The number of aromatic nitrogens is 1. The van der Waals surface area contributed by atoms with Gasteiger partial charge in [0, 0.05) is 18.7 Å². The quantitative estimate of drug-likeness (QED) is 0.762. The van der Waals surface area contributed by atoms with Gasteiger partial charge < -0.3 is 14.2 Å². The van der Waals surface area contributed by atoms with Crippen molar-refractivity contribution in [2.75, 3.05) is 19.8 Å². The maximum absolute atomic E-state index is 12.6. The average molecular weight is 250 g/mol. The molecule has 2 fully saturated rings. The summed E-state index contributed by atoms with van der Waals surface area (Å²) < 4.78 is 10.4. The van der Waals surface area contributed by atoms with Crippen LogP contribution < -0.4 is 0 Å². The molecule has 1 aromatic heterocycles. The molecular formula is C13H18N2O3. The van der Waals surface area contributed by atoms with Crippen molar-refractivity contribution in [2.45, 2.75) is 38.1 Å². The van der Waals surface area contributed by atoms with E-state index in [0.29, 0.717) is 12.3 Å². The second kappa shape index (κ2) is 4.39. The average Bonchev–Trinajstić information content (AvgIpc) is 2.99. The molecule has 5 nitrogen and oxygen atoms in total. The normalized spacial score (nSPS) is 27.9. The van der Waals surface area contributed by atoms with Gasteiger partial charge in [-0.2, -0.15) is 0 Å². The summed E-state index contributed by atoms with van der Waals surface area (Å²) in [5.74, 6) is -0.00792. The Morgan fingerprint density at radius 3 is 3.00 bits per heavy atom. The number of carbonyl (C=O) groups is 1. The number of aryl methyl sites for hydroxylation is 1. The summed E-state index contributed by atoms with van der Waals surface area (Å²) in [6.07, 6.45) is 5.73. The second-order valence-corrected chi connectivity index (χ2v) is 5.29. The van der Waals surface area contributed by atoms with Gasteiger partial charge in [0.15, 0.2) is 5.69 Å². The fraction of sp³-hybridized carbons (Fsp3) is 0.692. The summed E-state index contributed by atoms with van der Waals surface area (Å²) >= 11 is 0. The van der Waals surface area contributed by atoms with Crippen molar-refractivity contribution in [3.05, 3.63) is 17.5 Å². The minimum atomic E-state index is -0.0965. The van der Waals surface area contributed by atoms with Crippen LogP contribution in [0, 0.1) is 6.92 Å². The Kier molecular flexibility index (Phi) is 2.86. The monoisotopic (exact) mass is 250 g/mol. The lowest BCUT2D eigenvalue weighted by molar-refractivity contribution is 0.0246. The first-order chi connectivity index (χ1) is 8.73. The van der Waals surface area contributed by atoms with E-state index in [2.05, 4.69) is 5.16 Å². The van der Waals surface area contributed by atoms with Crippen LogP contribution in [0.15, 0.2) is 10.8 Å². The third-order valence-corrected chi connectivity index (χ3v) is 4.12. The standard InChI is InChI=1S/C13H18N2O3/c1-10-8-18-14-11(10)12(16)15-6-3-2-4-13(15)5-7-17-9-13/h8H,2-7,9H2,1H3/t13-/m0/s1. The summed E-state index contributed by atoms with van der Waals surface area (Å²) in [7, 11) is 0. The molecule has 1 aromatic rings. The van der Waals surface area contributed by atoms with Crippen molar-refractivity contribution < 1.29 is 14.1 Å². The van der Waals surface area contributed by atoms with Crippen LogP contribution >= 0.6 is 0 Å². The zero-order valence-electron chi connectivity index (χ0n) is 10.6. The van der Waals surface area contributed by atoms with Crippen LogP contribution in [0.1, 0.15) is 41.7 Å². The van der Waals surface area contributed by atoms with E-state index < -0.39 is 0 Å². The molecule has 3 heterocycles. The molecule has 3 rings (SSSR count). The Bertz CT molecular complexity index is 449. The number of amides is 1. The number of piperidine rings is 1. The van der Waals surface area contributed by atoms with E-state index in [1.54, 1.807) is 0 Å². The Morgan fingerprint density at radius 1 is 1.44 bits per heavy atom. The smallest absolute Gasteiger partial charge is 0.276 e. The van der Waals surface area contributed by atoms with Crippen molar-refractivity contribution >= 4 is 5.91 Å². The largest absolute Gasteiger partial charge is 0.379 e. The zero-order valence-corrected chi connectivity index (χ0v) is 10.6. The SMILES string of the molecule is Cc1conc1C(=O)N1CCCC[C@@]12CCOC2. The fourth-order valence-electron chi connectivity index (χ4n) is 3.04. The molecule has 2 aliphatic rings. The van der Waals surface area contributed by atoms with Crippen LogP contribution in [0.25, 0.3) is 0 Å². The van der Waals surface area contributed by atoms with Crippen molar-refractivity contribution in [2.24, 2.45) is 0 Å². The van der Waals surface area contributed by atoms with E-state index in [4.69, 9.17) is 9.26 Å². The number of hydrogen-bond donors (Lipinski definition) is 0. The van der Waals surface area contributed by atoms with Gasteiger partial charge in [0.05, 0.1) is 12.1 Å². The van der Waals surface area contributed by atoms with Crippen LogP contribution in [0.4, 0.5) is 0 Å². The lowest BCUT2D eigenvalue weighted by Crippen LogP contribution is -2.55. The van der Waals surface area contributed by atoms with E-state index >= 15 is 0 Å². The molecule has 5 heteroatoms. The summed E-state index contributed by atoms with van der Waals surface area (Å²) in [6.45, 7) is 4.07. The molecule has 1 spiro atoms. The summed E-state index contributed by atoms with van der Waals surface area (Å²) in [5, 5.41) is 3.84. The van der Waals surface area contributed by atoms with Gasteiger partial charge in [0.2, 0.25) is 0 Å². The predicted octanol–water partition coefficient (Wildman–Crippen LogP) is 1.77. The molecule has 0 N–H and O–H groups in total. The minimum Gasteiger partial charge on any atom is -0.379 e. The van der Waals surface area contributed by atoms with Gasteiger partial charge in [-0.05, 0) is 32.6 Å². The van der Waals surface area contributed by atoms with E-state index in [9.17, 15) is 4.79 Å². The van der Waals surface area contributed by atoms with Crippen LogP contribution in [0.3, 0.4) is 0 Å². The molecule has 2 saturated heterocycles. The van der Waals surface area contributed by atoms with Crippen molar-refractivity contribution in [3.63, 3.8) is 0 Å². The molecule has 1 amide bonds. The Morgan fingerprint density at radius 2 is 2.33 bits per heavy atom. The van der Waals surface area contributed by atoms with E-state index in [1.807, 2.05) is 11.8 Å². The van der Waals surface area contributed by atoms with Crippen LogP contribution in [-0.2, 0) is 4.74 Å². The molecule has 2 aliphatic heterocycles. The zero-order chi connectivity index (χ0) is 12.6. The van der Waals surface area contributed by atoms with Gasteiger partial charge in [-0.1, -0.05) is 5.16 Å². The van der Waals surface area contributed by atoms with Crippen LogP contribution in [0.5, 0.6) is 0 Å². The Labute approximate surface area is 106 Å². The predicted molar refractivity (Wildman–Crippen MR) is 64.3 cm³/mol. The maximum atomic E-state index is 12.6. The fourth-order valence-corrected chi connectivity index (χ4v) is 3.04. The Hall–Kier alpha value is -1.36. The van der Waals surface area contributed by atoms with Gasteiger partial charge in [-0.15, -0.1) is 0 Å². The molecule has 98 valence electrons. The summed E-state index contributed by atoms with van der Waals surface area (Å²) in [4.78, 5) is 14.6. The molecule has 0 aliphatic carbocycles. The molecule has 18 heavy (non-hydrogen) atoms. The highest BCUT2D eigenvalue weighted by atomic mass is 16.5. The first-order valence-corrected chi connectivity index (χ1v) is 6.54. The summed E-state index contributed by atoms with van der Waals surface area (Å²) in [5.41, 5.74) is 1.16.